The lowest BCUT2D eigenvalue weighted by Gasteiger charge is -2.14. The third kappa shape index (κ3) is 4.86. The maximum atomic E-state index is 13.5. The highest BCUT2D eigenvalue weighted by Crippen LogP contribution is 2.20. The first-order chi connectivity index (χ1) is 8.56. The van der Waals surface area contributed by atoms with Crippen LogP contribution in [-0.4, -0.2) is 24.2 Å². The Labute approximate surface area is 113 Å². The Morgan fingerprint density at radius 3 is 2.72 bits per heavy atom. The number of hydrogen-bond acceptors (Lipinski definition) is 3. The Morgan fingerprint density at radius 2 is 2.17 bits per heavy atom. The van der Waals surface area contributed by atoms with Gasteiger partial charge in [-0.25, -0.2) is 4.39 Å². The number of halogens is 1. The minimum absolute atomic E-state index is 0.0665. The van der Waals surface area contributed by atoms with Gasteiger partial charge in [0.05, 0.1) is 7.11 Å². The summed E-state index contributed by atoms with van der Waals surface area (Å²) in [4.78, 5) is 0. The molecule has 102 valence electrons. The van der Waals surface area contributed by atoms with Crippen LogP contribution in [0, 0.1) is 5.82 Å². The van der Waals surface area contributed by atoms with Gasteiger partial charge in [-0.2, -0.15) is 11.8 Å². The fourth-order valence-electron chi connectivity index (χ4n) is 1.60. The van der Waals surface area contributed by atoms with Crippen molar-refractivity contribution in [3.8, 4) is 5.75 Å². The van der Waals surface area contributed by atoms with E-state index in [4.69, 9.17) is 10.5 Å². The lowest BCUT2D eigenvalue weighted by Crippen LogP contribution is -2.26. The van der Waals surface area contributed by atoms with E-state index < -0.39 is 0 Å². The molecule has 1 rings (SSSR count). The summed E-state index contributed by atoms with van der Waals surface area (Å²) < 4.78 is 18.4. The van der Waals surface area contributed by atoms with Crippen LogP contribution in [0.5, 0.6) is 5.75 Å². The average molecular weight is 271 g/mol. The van der Waals surface area contributed by atoms with Gasteiger partial charge in [0.2, 0.25) is 0 Å². The standard InChI is InChI=1S/C14H22FNOS/c1-4-10(2)18-9-12(16)7-11-5-6-14(17-3)13(15)8-11/h5-6,8,10,12H,4,7,9,16H2,1-3H3. The second kappa shape index (κ2) is 7.64. The van der Waals surface area contributed by atoms with Gasteiger partial charge in [-0.05, 0) is 30.5 Å². The van der Waals surface area contributed by atoms with Crippen LogP contribution in [0.4, 0.5) is 4.39 Å². The summed E-state index contributed by atoms with van der Waals surface area (Å²) in [7, 11) is 1.46. The molecule has 0 fully saturated rings. The largest absolute Gasteiger partial charge is 0.494 e. The molecule has 4 heteroatoms. The topological polar surface area (TPSA) is 35.2 Å². The summed E-state index contributed by atoms with van der Waals surface area (Å²) in [5, 5.41) is 0.628. The Kier molecular flexibility index (Phi) is 6.50. The highest BCUT2D eigenvalue weighted by atomic mass is 32.2. The molecule has 1 aromatic carbocycles. The molecule has 2 nitrogen and oxygen atoms in total. The van der Waals surface area contributed by atoms with E-state index in [9.17, 15) is 4.39 Å². The molecule has 2 atom stereocenters. The second-order valence-corrected chi connectivity index (χ2v) is 5.96. The first-order valence-corrected chi connectivity index (χ1v) is 7.31. The van der Waals surface area contributed by atoms with Crippen LogP contribution in [0.25, 0.3) is 0 Å². The van der Waals surface area contributed by atoms with Crippen molar-refractivity contribution in [3.05, 3.63) is 29.6 Å². The molecule has 0 saturated carbocycles. The summed E-state index contributed by atoms with van der Waals surface area (Å²) in [6.45, 7) is 4.37. The molecule has 0 heterocycles. The summed E-state index contributed by atoms with van der Waals surface area (Å²) in [6, 6.07) is 5.10. The van der Waals surface area contributed by atoms with Crippen LogP contribution in [0.15, 0.2) is 18.2 Å². The van der Waals surface area contributed by atoms with Crippen LogP contribution in [0.2, 0.25) is 0 Å². The van der Waals surface area contributed by atoms with Crippen LogP contribution >= 0.6 is 11.8 Å². The second-order valence-electron chi connectivity index (χ2n) is 4.49. The third-order valence-corrected chi connectivity index (χ3v) is 4.41. The number of benzene rings is 1. The van der Waals surface area contributed by atoms with Gasteiger partial charge in [0.25, 0.3) is 0 Å². The van der Waals surface area contributed by atoms with E-state index in [1.165, 1.54) is 13.2 Å². The Hall–Kier alpha value is -0.740. The molecule has 0 saturated heterocycles. The highest BCUT2D eigenvalue weighted by molar-refractivity contribution is 7.99. The molecule has 0 aliphatic rings. The predicted octanol–water partition coefficient (Wildman–Crippen LogP) is 3.24. The van der Waals surface area contributed by atoms with Crippen LogP contribution in [0.1, 0.15) is 25.8 Å². The highest BCUT2D eigenvalue weighted by Gasteiger charge is 2.09. The van der Waals surface area contributed by atoms with Crippen molar-refractivity contribution in [1.29, 1.82) is 0 Å². The zero-order valence-corrected chi connectivity index (χ0v) is 12.1. The molecule has 1 aromatic rings. The van der Waals surface area contributed by atoms with Crippen LogP contribution in [0.3, 0.4) is 0 Å². The van der Waals surface area contributed by atoms with E-state index in [-0.39, 0.29) is 17.6 Å². The number of ether oxygens (including phenoxy) is 1. The Morgan fingerprint density at radius 1 is 1.44 bits per heavy atom. The fourth-order valence-corrected chi connectivity index (χ4v) is 2.53. The smallest absolute Gasteiger partial charge is 0.165 e. The van der Waals surface area contributed by atoms with Gasteiger partial charge in [0, 0.05) is 17.0 Å². The summed E-state index contributed by atoms with van der Waals surface area (Å²) in [6.07, 6.45) is 1.85. The van der Waals surface area contributed by atoms with E-state index in [0.717, 1.165) is 17.7 Å². The first kappa shape index (κ1) is 15.3. The van der Waals surface area contributed by atoms with Gasteiger partial charge >= 0.3 is 0 Å². The zero-order valence-electron chi connectivity index (χ0n) is 11.3. The van der Waals surface area contributed by atoms with Crippen molar-refractivity contribution in [1.82, 2.24) is 0 Å². The number of rotatable bonds is 7. The number of nitrogens with two attached hydrogens (primary N) is 1. The molecule has 2 unspecified atom stereocenters. The quantitative estimate of drug-likeness (QED) is 0.827. The van der Waals surface area contributed by atoms with E-state index in [1.54, 1.807) is 6.07 Å². The van der Waals surface area contributed by atoms with Gasteiger partial charge in [0.15, 0.2) is 11.6 Å². The molecule has 0 aromatic heterocycles. The minimum atomic E-state index is -0.322. The maximum Gasteiger partial charge on any atom is 0.165 e. The Bertz CT molecular complexity index is 373. The lowest BCUT2D eigenvalue weighted by atomic mass is 10.1. The van der Waals surface area contributed by atoms with E-state index in [0.29, 0.717) is 11.7 Å². The number of hydrogen-bond donors (Lipinski definition) is 1. The molecule has 0 spiro atoms. The van der Waals surface area contributed by atoms with Crippen LogP contribution in [-0.2, 0) is 6.42 Å². The van der Waals surface area contributed by atoms with Gasteiger partial charge in [-0.15, -0.1) is 0 Å². The van der Waals surface area contributed by atoms with Gasteiger partial charge < -0.3 is 10.5 Å². The summed E-state index contributed by atoms with van der Waals surface area (Å²) in [5.74, 6) is 0.862. The number of methoxy groups -OCH3 is 1. The van der Waals surface area contributed by atoms with Gasteiger partial charge in [-0.3, -0.25) is 0 Å². The monoisotopic (exact) mass is 271 g/mol. The SMILES string of the molecule is CCC(C)SCC(N)Cc1ccc(OC)c(F)c1. The van der Waals surface area contributed by atoms with Gasteiger partial charge in [0.1, 0.15) is 0 Å². The van der Waals surface area contributed by atoms with Crippen molar-refractivity contribution in [2.75, 3.05) is 12.9 Å². The maximum absolute atomic E-state index is 13.5. The minimum Gasteiger partial charge on any atom is -0.494 e. The molecular formula is C14H22FNOS. The normalized spacial score (nSPS) is 14.3. The average Bonchev–Trinajstić information content (AvgIpc) is 2.36. The lowest BCUT2D eigenvalue weighted by molar-refractivity contribution is 0.386. The van der Waals surface area contributed by atoms with Crippen molar-refractivity contribution in [2.45, 2.75) is 38.0 Å². The van der Waals surface area contributed by atoms with Crippen molar-refractivity contribution in [2.24, 2.45) is 5.73 Å². The van der Waals surface area contributed by atoms with Gasteiger partial charge in [-0.1, -0.05) is 19.9 Å². The molecule has 0 aliphatic carbocycles. The van der Waals surface area contributed by atoms with Crippen molar-refractivity contribution in [3.63, 3.8) is 0 Å². The predicted molar refractivity (Wildman–Crippen MR) is 76.8 cm³/mol. The molecule has 0 amide bonds. The number of thioether (sulfide) groups is 1. The molecule has 0 radical (unpaired) electrons. The third-order valence-electron chi connectivity index (χ3n) is 2.88. The summed E-state index contributed by atoms with van der Waals surface area (Å²) in [5.41, 5.74) is 6.98. The molecule has 18 heavy (non-hydrogen) atoms. The molecular weight excluding hydrogens is 249 g/mol. The molecule has 0 aliphatic heterocycles. The fraction of sp³-hybridized carbons (Fsp3) is 0.571. The van der Waals surface area contributed by atoms with Crippen molar-refractivity contribution >= 4 is 11.8 Å². The van der Waals surface area contributed by atoms with Crippen LogP contribution < -0.4 is 10.5 Å². The van der Waals surface area contributed by atoms with E-state index >= 15 is 0 Å². The van der Waals surface area contributed by atoms with Crippen molar-refractivity contribution < 1.29 is 9.13 Å². The molecule has 0 bridgehead atoms. The summed E-state index contributed by atoms with van der Waals surface area (Å²) >= 11 is 1.87. The first-order valence-electron chi connectivity index (χ1n) is 6.26. The Balaban J connectivity index is 2.49. The zero-order chi connectivity index (χ0) is 13.5. The van der Waals surface area contributed by atoms with E-state index in [2.05, 4.69) is 13.8 Å². The molecule has 2 N–H and O–H groups in total. The van der Waals surface area contributed by atoms with E-state index in [1.807, 2.05) is 17.8 Å².